The third-order valence-corrected chi connectivity index (χ3v) is 4.23. The van der Waals surface area contributed by atoms with E-state index in [0.717, 1.165) is 50.0 Å². The van der Waals surface area contributed by atoms with Crippen molar-refractivity contribution in [1.29, 1.82) is 0 Å². The Morgan fingerprint density at radius 3 is 2.90 bits per heavy atom. The lowest BCUT2D eigenvalue weighted by Crippen LogP contribution is -2.33. The molecule has 1 aliphatic carbocycles. The Kier molecular flexibility index (Phi) is 4.44. The highest BCUT2D eigenvalue weighted by Gasteiger charge is 2.24. The molecule has 1 aliphatic heterocycles. The summed E-state index contributed by atoms with van der Waals surface area (Å²) in [5.74, 6) is 0.0413. The molecule has 0 spiro atoms. The summed E-state index contributed by atoms with van der Waals surface area (Å²) in [6.07, 6.45) is 5.71. The van der Waals surface area contributed by atoms with Crippen LogP contribution in [-0.2, 0) is 4.74 Å². The molecule has 114 valence electrons. The number of hydrogen-bond donors (Lipinski definition) is 2. The molecule has 2 fully saturated rings. The van der Waals surface area contributed by atoms with E-state index in [4.69, 9.17) is 4.74 Å². The summed E-state index contributed by atoms with van der Waals surface area (Å²) in [5.41, 5.74) is 1.77. The number of carbonyl (C=O) groups excluding carboxylic acids is 1. The summed E-state index contributed by atoms with van der Waals surface area (Å²) in [7, 11) is 0. The molecule has 1 saturated heterocycles. The zero-order chi connectivity index (χ0) is 14.7. The SMILES string of the molecule is CCC1CC(Nc2cccc(C(=O)NC3CC3)c2)CCO1. The number of rotatable bonds is 5. The Morgan fingerprint density at radius 1 is 1.29 bits per heavy atom. The molecule has 1 heterocycles. The minimum Gasteiger partial charge on any atom is -0.382 e. The van der Waals surface area contributed by atoms with Crippen molar-refractivity contribution in [2.75, 3.05) is 11.9 Å². The van der Waals surface area contributed by atoms with Gasteiger partial charge < -0.3 is 15.4 Å². The predicted octanol–water partition coefficient (Wildman–Crippen LogP) is 2.95. The number of benzene rings is 1. The van der Waals surface area contributed by atoms with Crippen LogP contribution in [0.4, 0.5) is 5.69 Å². The Labute approximate surface area is 126 Å². The minimum absolute atomic E-state index is 0.0413. The normalized spacial score (nSPS) is 25.4. The average Bonchev–Trinajstić information content (AvgIpc) is 3.31. The largest absolute Gasteiger partial charge is 0.382 e. The molecule has 2 unspecified atom stereocenters. The molecule has 4 heteroatoms. The molecule has 4 nitrogen and oxygen atoms in total. The van der Waals surface area contributed by atoms with Gasteiger partial charge in [0, 0.05) is 29.9 Å². The standard InChI is InChI=1S/C17H24N2O2/c1-2-16-11-15(8-9-21-16)18-14-5-3-4-12(10-14)17(20)19-13-6-7-13/h3-5,10,13,15-16,18H,2,6-9,11H2,1H3,(H,19,20). The van der Waals surface area contributed by atoms with E-state index in [9.17, 15) is 4.79 Å². The Balaban J connectivity index is 1.61. The lowest BCUT2D eigenvalue weighted by atomic mass is 10.0. The van der Waals surface area contributed by atoms with Crippen molar-refractivity contribution in [1.82, 2.24) is 5.32 Å². The van der Waals surface area contributed by atoms with Crippen LogP contribution in [0.1, 0.15) is 49.4 Å². The second-order valence-electron chi connectivity index (χ2n) is 6.10. The van der Waals surface area contributed by atoms with E-state index >= 15 is 0 Å². The van der Waals surface area contributed by atoms with Crippen LogP contribution in [0.15, 0.2) is 24.3 Å². The number of nitrogens with one attached hydrogen (secondary N) is 2. The van der Waals surface area contributed by atoms with E-state index in [0.29, 0.717) is 18.2 Å². The molecule has 21 heavy (non-hydrogen) atoms. The number of anilines is 1. The molecule has 1 saturated carbocycles. The van der Waals surface area contributed by atoms with E-state index in [-0.39, 0.29) is 5.91 Å². The zero-order valence-electron chi connectivity index (χ0n) is 12.6. The molecule has 2 N–H and O–H groups in total. The summed E-state index contributed by atoms with van der Waals surface area (Å²) in [5, 5.41) is 6.58. The van der Waals surface area contributed by atoms with Crippen molar-refractivity contribution in [3.63, 3.8) is 0 Å². The van der Waals surface area contributed by atoms with Crippen LogP contribution in [0.25, 0.3) is 0 Å². The molecule has 2 atom stereocenters. The molecule has 3 rings (SSSR count). The van der Waals surface area contributed by atoms with Gasteiger partial charge in [0.15, 0.2) is 0 Å². The zero-order valence-corrected chi connectivity index (χ0v) is 12.6. The average molecular weight is 288 g/mol. The molecule has 0 aromatic heterocycles. The maximum atomic E-state index is 12.1. The predicted molar refractivity (Wildman–Crippen MR) is 83.6 cm³/mol. The van der Waals surface area contributed by atoms with Gasteiger partial charge in [0.2, 0.25) is 0 Å². The summed E-state index contributed by atoms with van der Waals surface area (Å²) in [6, 6.07) is 8.64. The highest BCUT2D eigenvalue weighted by atomic mass is 16.5. The van der Waals surface area contributed by atoms with E-state index in [1.807, 2.05) is 24.3 Å². The maximum Gasteiger partial charge on any atom is 0.251 e. The first kappa shape index (κ1) is 14.4. The van der Waals surface area contributed by atoms with E-state index in [2.05, 4.69) is 17.6 Å². The number of hydrogen-bond acceptors (Lipinski definition) is 3. The van der Waals surface area contributed by atoms with Crippen LogP contribution in [0, 0.1) is 0 Å². The monoisotopic (exact) mass is 288 g/mol. The van der Waals surface area contributed by atoms with Crippen LogP contribution in [0.3, 0.4) is 0 Å². The number of carbonyl (C=O) groups is 1. The van der Waals surface area contributed by atoms with Gasteiger partial charge in [0.1, 0.15) is 0 Å². The van der Waals surface area contributed by atoms with Gasteiger partial charge in [0.05, 0.1) is 6.10 Å². The van der Waals surface area contributed by atoms with Gasteiger partial charge >= 0.3 is 0 Å². The van der Waals surface area contributed by atoms with Crippen molar-refractivity contribution in [2.45, 2.75) is 57.2 Å². The first-order valence-corrected chi connectivity index (χ1v) is 8.03. The van der Waals surface area contributed by atoms with Crippen LogP contribution < -0.4 is 10.6 Å². The maximum absolute atomic E-state index is 12.1. The fraction of sp³-hybridized carbons (Fsp3) is 0.588. The highest BCUT2D eigenvalue weighted by molar-refractivity contribution is 5.95. The van der Waals surface area contributed by atoms with Crippen molar-refractivity contribution in [3.05, 3.63) is 29.8 Å². The topological polar surface area (TPSA) is 50.4 Å². The first-order valence-electron chi connectivity index (χ1n) is 8.03. The van der Waals surface area contributed by atoms with Crippen molar-refractivity contribution >= 4 is 11.6 Å². The van der Waals surface area contributed by atoms with Gasteiger partial charge in [-0.3, -0.25) is 4.79 Å². The second kappa shape index (κ2) is 6.48. The van der Waals surface area contributed by atoms with Crippen molar-refractivity contribution in [2.24, 2.45) is 0 Å². The van der Waals surface area contributed by atoms with Gasteiger partial charge in [-0.25, -0.2) is 0 Å². The number of amides is 1. The van der Waals surface area contributed by atoms with E-state index in [1.54, 1.807) is 0 Å². The van der Waals surface area contributed by atoms with Gasteiger partial charge in [-0.05, 0) is 50.3 Å². The molecule has 0 bridgehead atoms. The van der Waals surface area contributed by atoms with Crippen LogP contribution in [-0.4, -0.2) is 30.7 Å². The highest BCUT2D eigenvalue weighted by Crippen LogP contribution is 2.22. The van der Waals surface area contributed by atoms with Crippen LogP contribution >= 0.6 is 0 Å². The molecule has 0 radical (unpaired) electrons. The van der Waals surface area contributed by atoms with Gasteiger partial charge in [-0.15, -0.1) is 0 Å². The van der Waals surface area contributed by atoms with E-state index in [1.165, 1.54) is 0 Å². The van der Waals surface area contributed by atoms with Gasteiger partial charge in [-0.2, -0.15) is 0 Å². The third-order valence-electron chi connectivity index (χ3n) is 4.23. The molecule has 2 aliphatic rings. The molecular weight excluding hydrogens is 264 g/mol. The van der Waals surface area contributed by atoms with Crippen LogP contribution in [0.5, 0.6) is 0 Å². The van der Waals surface area contributed by atoms with Crippen LogP contribution in [0.2, 0.25) is 0 Å². The Hall–Kier alpha value is -1.55. The molecule has 1 aromatic rings. The minimum atomic E-state index is 0.0413. The van der Waals surface area contributed by atoms with Gasteiger partial charge in [0.25, 0.3) is 5.91 Å². The second-order valence-corrected chi connectivity index (χ2v) is 6.10. The molecular formula is C17H24N2O2. The fourth-order valence-electron chi connectivity index (χ4n) is 2.78. The molecule has 1 aromatic carbocycles. The van der Waals surface area contributed by atoms with E-state index < -0.39 is 0 Å². The Morgan fingerprint density at radius 2 is 2.14 bits per heavy atom. The number of ether oxygens (including phenoxy) is 1. The summed E-state index contributed by atoms with van der Waals surface area (Å²) in [6.45, 7) is 2.98. The van der Waals surface area contributed by atoms with Crippen molar-refractivity contribution < 1.29 is 9.53 Å². The molecule has 1 amide bonds. The van der Waals surface area contributed by atoms with Gasteiger partial charge in [-0.1, -0.05) is 13.0 Å². The summed E-state index contributed by atoms with van der Waals surface area (Å²) >= 11 is 0. The first-order chi connectivity index (χ1) is 10.2. The third kappa shape index (κ3) is 3.97. The smallest absolute Gasteiger partial charge is 0.251 e. The fourth-order valence-corrected chi connectivity index (χ4v) is 2.78. The summed E-state index contributed by atoms with van der Waals surface area (Å²) in [4.78, 5) is 12.1. The summed E-state index contributed by atoms with van der Waals surface area (Å²) < 4.78 is 5.70. The lowest BCUT2D eigenvalue weighted by molar-refractivity contribution is 0.00925. The quantitative estimate of drug-likeness (QED) is 0.876. The lowest BCUT2D eigenvalue weighted by Gasteiger charge is -2.30. The van der Waals surface area contributed by atoms with Crippen molar-refractivity contribution in [3.8, 4) is 0 Å². The Bertz CT molecular complexity index is 499.